The third kappa shape index (κ3) is 3.65. The highest BCUT2D eigenvalue weighted by molar-refractivity contribution is 5.67. The average molecular weight is 352 g/mol. The summed E-state index contributed by atoms with van der Waals surface area (Å²) in [7, 11) is 0. The predicted molar refractivity (Wildman–Crippen MR) is 103 cm³/mol. The van der Waals surface area contributed by atoms with E-state index >= 15 is 0 Å². The summed E-state index contributed by atoms with van der Waals surface area (Å²) in [5.41, 5.74) is 2.52. The van der Waals surface area contributed by atoms with Crippen LogP contribution in [0.15, 0.2) is 57.9 Å². The Morgan fingerprint density at radius 1 is 0.923 bits per heavy atom. The van der Waals surface area contributed by atoms with Crippen LogP contribution in [-0.4, -0.2) is 47.2 Å². The van der Waals surface area contributed by atoms with Gasteiger partial charge < -0.3 is 9.32 Å². The minimum Gasteiger partial charge on any atom is -0.406 e. The van der Waals surface area contributed by atoms with Crippen molar-refractivity contribution >= 4 is 16.9 Å². The van der Waals surface area contributed by atoms with Crippen LogP contribution in [0.25, 0.3) is 11.2 Å². The van der Waals surface area contributed by atoms with Gasteiger partial charge in [-0.3, -0.25) is 9.47 Å². The van der Waals surface area contributed by atoms with Gasteiger partial charge in [0.25, 0.3) is 0 Å². The Labute approximate surface area is 152 Å². The molecule has 6 heteroatoms. The summed E-state index contributed by atoms with van der Waals surface area (Å²) in [4.78, 5) is 21.2. The minimum absolute atomic E-state index is 0.310. The van der Waals surface area contributed by atoms with Crippen molar-refractivity contribution in [3.05, 3.63) is 59.2 Å². The molecule has 0 radical (unpaired) electrons. The van der Waals surface area contributed by atoms with Crippen LogP contribution in [0.4, 0.5) is 5.69 Å². The van der Waals surface area contributed by atoms with Gasteiger partial charge in [0.15, 0.2) is 11.2 Å². The van der Waals surface area contributed by atoms with Gasteiger partial charge in [-0.15, -0.1) is 0 Å². The number of hydrogen-bond acceptors (Lipinski definition) is 5. The largest absolute Gasteiger partial charge is 0.421 e. The van der Waals surface area contributed by atoms with Gasteiger partial charge in [0.1, 0.15) is 0 Å². The molecule has 0 aliphatic carbocycles. The van der Waals surface area contributed by atoms with E-state index in [9.17, 15) is 4.79 Å². The Morgan fingerprint density at radius 3 is 2.50 bits per heavy atom. The van der Waals surface area contributed by atoms with E-state index in [1.807, 2.05) is 0 Å². The molecular formula is C20H24N4O2. The van der Waals surface area contributed by atoms with Crippen molar-refractivity contribution in [1.82, 2.24) is 14.5 Å². The van der Waals surface area contributed by atoms with Crippen LogP contribution in [0, 0.1) is 0 Å². The number of oxazole rings is 1. The first-order chi connectivity index (χ1) is 12.8. The second kappa shape index (κ2) is 7.74. The first-order valence-corrected chi connectivity index (χ1v) is 9.28. The second-order valence-corrected chi connectivity index (χ2v) is 6.72. The van der Waals surface area contributed by atoms with Gasteiger partial charge in [0.2, 0.25) is 0 Å². The SMILES string of the molecule is O=c1oc2cccnc2n1CCCCN1CCN(c2ccccc2)CC1. The monoisotopic (exact) mass is 352 g/mol. The van der Waals surface area contributed by atoms with Crippen molar-refractivity contribution in [2.45, 2.75) is 19.4 Å². The number of anilines is 1. The number of benzene rings is 1. The maximum atomic E-state index is 11.9. The number of aromatic nitrogens is 2. The van der Waals surface area contributed by atoms with Crippen LogP contribution >= 0.6 is 0 Å². The molecule has 3 aromatic rings. The second-order valence-electron chi connectivity index (χ2n) is 6.72. The lowest BCUT2D eigenvalue weighted by Gasteiger charge is -2.36. The number of para-hydroxylation sites is 1. The topological polar surface area (TPSA) is 54.5 Å². The average Bonchev–Trinajstić information content (AvgIpc) is 3.01. The summed E-state index contributed by atoms with van der Waals surface area (Å²) >= 11 is 0. The number of rotatable bonds is 6. The Hall–Kier alpha value is -2.60. The number of fused-ring (bicyclic) bond motifs is 1. The van der Waals surface area contributed by atoms with E-state index < -0.39 is 0 Å². The van der Waals surface area contributed by atoms with Crippen molar-refractivity contribution in [3.63, 3.8) is 0 Å². The zero-order valence-corrected chi connectivity index (χ0v) is 14.9. The lowest BCUT2D eigenvalue weighted by atomic mass is 10.2. The number of nitrogens with zero attached hydrogens (tertiary/aromatic N) is 4. The van der Waals surface area contributed by atoms with Gasteiger partial charge in [0, 0.05) is 44.6 Å². The number of pyridine rings is 1. The quantitative estimate of drug-likeness (QED) is 0.638. The highest BCUT2D eigenvalue weighted by Crippen LogP contribution is 2.16. The third-order valence-corrected chi connectivity index (χ3v) is 5.02. The minimum atomic E-state index is -0.310. The molecule has 1 fully saturated rings. The maximum absolute atomic E-state index is 11.9. The summed E-state index contributed by atoms with van der Waals surface area (Å²) in [6.45, 7) is 6.04. The van der Waals surface area contributed by atoms with Crippen LogP contribution in [0.3, 0.4) is 0 Å². The van der Waals surface area contributed by atoms with Gasteiger partial charge in [-0.05, 0) is 43.7 Å². The van der Waals surface area contributed by atoms with Crippen LogP contribution in [-0.2, 0) is 6.54 Å². The van der Waals surface area contributed by atoms with E-state index in [0.717, 1.165) is 45.6 Å². The van der Waals surface area contributed by atoms with Gasteiger partial charge in [-0.1, -0.05) is 18.2 Å². The molecule has 0 bridgehead atoms. The molecule has 6 nitrogen and oxygen atoms in total. The van der Waals surface area contributed by atoms with Crippen LogP contribution in [0.2, 0.25) is 0 Å². The normalized spacial score (nSPS) is 15.6. The smallest absolute Gasteiger partial charge is 0.406 e. The van der Waals surface area contributed by atoms with Gasteiger partial charge in [-0.25, -0.2) is 9.78 Å². The summed E-state index contributed by atoms with van der Waals surface area (Å²) in [6.07, 6.45) is 3.71. The molecule has 1 aromatic carbocycles. The summed E-state index contributed by atoms with van der Waals surface area (Å²) < 4.78 is 6.87. The Bertz CT molecular complexity index is 895. The molecule has 1 saturated heterocycles. The summed E-state index contributed by atoms with van der Waals surface area (Å²) in [6, 6.07) is 14.2. The zero-order chi connectivity index (χ0) is 17.8. The molecule has 26 heavy (non-hydrogen) atoms. The lowest BCUT2D eigenvalue weighted by molar-refractivity contribution is 0.251. The number of piperazine rings is 1. The molecule has 136 valence electrons. The molecule has 0 saturated carbocycles. The van der Waals surface area contributed by atoms with Crippen molar-refractivity contribution in [3.8, 4) is 0 Å². The molecule has 4 rings (SSSR count). The van der Waals surface area contributed by atoms with Crippen LogP contribution < -0.4 is 10.7 Å². The molecule has 0 amide bonds. The van der Waals surface area contributed by atoms with Gasteiger partial charge in [0.05, 0.1) is 0 Å². The molecule has 3 heterocycles. The molecule has 0 unspecified atom stereocenters. The Balaban J connectivity index is 1.23. The van der Waals surface area contributed by atoms with E-state index in [0.29, 0.717) is 17.8 Å². The van der Waals surface area contributed by atoms with E-state index in [-0.39, 0.29) is 5.76 Å². The Morgan fingerprint density at radius 2 is 1.69 bits per heavy atom. The summed E-state index contributed by atoms with van der Waals surface area (Å²) in [5.74, 6) is -0.310. The lowest BCUT2D eigenvalue weighted by Crippen LogP contribution is -2.46. The first kappa shape index (κ1) is 16.8. The van der Waals surface area contributed by atoms with Crippen LogP contribution in [0.5, 0.6) is 0 Å². The molecule has 0 spiro atoms. The van der Waals surface area contributed by atoms with E-state index in [4.69, 9.17) is 4.42 Å². The Kier molecular flexibility index (Phi) is 5.02. The molecule has 0 atom stereocenters. The molecule has 0 N–H and O–H groups in total. The van der Waals surface area contributed by atoms with Crippen molar-refractivity contribution in [2.24, 2.45) is 0 Å². The van der Waals surface area contributed by atoms with Gasteiger partial charge in [-0.2, -0.15) is 0 Å². The fraction of sp³-hybridized carbons (Fsp3) is 0.400. The fourth-order valence-corrected chi connectivity index (χ4v) is 3.57. The first-order valence-electron chi connectivity index (χ1n) is 9.28. The standard InChI is InChI=1S/C20H24N4O2/c25-20-24(19-18(26-20)9-6-10-21-19)12-5-4-11-22-13-15-23(16-14-22)17-7-2-1-3-8-17/h1-3,6-10H,4-5,11-16H2. The fourth-order valence-electron chi connectivity index (χ4n) is 3.57. The van der Waals surface area contributed by atoms with Crippen LogP contribution in [0.1, 0.15) is 12.8 Å². The van der Waals surface area contributed by atoms with E-state index in [1.165, 1.54) is 5.69 Å². The molecule has 1 aliphatic heterocycles. The summed E-state index contributed by atoms with van der Waals surface area (Å²) in [5, 5.41) is 0. The predicted octanol–water partition coefficient (Wildman–Crippen LogP) is 2.59. The molecule has 2 aromatic heterocycles. The zero-order valence-electron chi connectivity index (χ0n) is 14.9. The van der Waals surface area contributed by atoms with E-state index in [2.05, 4.69) is 45.1 Å². The van der Waals surface area contributed by atoms with E-state index in [1.54, 1.807) is 22.9 Å². The number of aryl methyl sites for hydroxylation is 1. The van der Waals surface area contributed by atoms with Crippen molar-refractivity contribution in [1.29, 1.82) is 0 Å². The molecular weight excluding hydrogens is 328 g/mol. The van der Waals surface area contributed by atoms with Gasteiger partial charge >= 0.3 is 5.76 Å². The van der Waals surface area contributed by atoms with Crippen molar-refractivity contribution in [2.75, 3.05) is 37.6 Å². The van der Waals surface area contributed by atoms with Crippen molar-refractivity contribution < 1.29 is 4.42 Å². The third-order valence-electron chi connectivity index (χ3n) is 5.02. The highest BCUT2D eigenvalue weighted by atomic mass is 16.4. The number of hydrogen-bond donors (Lipinski definition) is 0. The highest BCUT2D eigenvalue weighted by Gasteiger charge is 2.16. The molecule has 1 aliphatic rings. The number of unbranched alkanes of at least 4 members (excludes halogenated alkanes) is 1. The maximum Gasteiger partial charge on any atom is 0.421 e.